The number of benzene rings is 1. The van der Waals surface area contributed by atoms with Crippen LogP contribution in [0.15, 0.2) is 42.6 Å². The van der Waals surface area contributed by atoms with Gasteiger partial charge in [0.05, 0.1) is 11.4 Å². The summed E-state index contributed by atoms with van der Waals surface area (Å²) in [4.78, 5) is 13.7. The number of para-hydroxylation sites is 2. The lowest BCUT2D eigenvalue weighted by Crippen LogP contribution is -2.57. The van der Waals surface area contributed by atoms with Crippen LogP contribution in [0.4, 0.5) is 8.78 Å². The van der Waals surface area contributed by atoms with Gasteiger partial charge in [0, 0.05) is 53.7 Å². The molecule has 26 heavy (non-hydrogen) atoms. The minimum Gasteiger partial charge on any atom is -0.479 e. The van der Waals surface area contributed by atoms with Gasteiger partial charge in [-0.3, -0.25) is 4.79 Å². The fourth-order valence-electron chi connectivity index (χ4n) is 4.94. The van der Waals surface area contributed by atoms with E-state index in [1.807, 2.05) is 42.6 Å². The molecule has 2 unspecified atom stereocenters. The van der Waals surface area contributed by atoms with Crippen molar-refractivity contribution in [3.05, 3.63) is 48.3 Å². The second kappa shape index (κ2) is 5.43. The average Bonchev–Trinajstić information content (AvgIpc) is 3.18. The molecule has 0 aliphatic carbocycles. The summed E-state index contributed by atoms with van der Waals surface area (Å²) in [7, 11) is 0. The predicted octanol–water partition coefficient (Wildman–Crippen LogP) is 4.25. The predicted molar refractivity (Wildman–Crippen MR) is 99.9 cm³/mol. The van der Waals surface area contributed by atoms with Gasteiger partial charge in [0.25, 0.3) is 0 Å². The van der Waals surface area contributed by atoms with E-state index in [4.69, 9.17) is 4.74 Å². The number of aromatic nitrogens is 1. The number of alkyl halides is 3. The molecule has 136 valence electrons. The van der Waals surface area contributed by atoms with Crippen LogP contribution in [0, 0.1) is 0 Å². The lowest BCUT2D eigenvalue weighted by molar-refractivity contribution is -0.154. The van der Waals surface area contributed by atoms with E-state index >= 15 is 0 Å². The molecule has 1 aromatic carbocycles. The first-order valence-corrected chi connectivity index (χ1v) is 9.83. The number of hydrogen-bond donors (Lipinski definition) is 0. The Bertz CT molecular complexity index is 878. The average molecular weight is 470 g/mol. The summed E-state index contributed by atoms with van der Waals surface area (Å²) < 4.78 is 32.6. The number of amides is 1. The van der Waals surface area contributed by atoms with Crippen LogP contribution < -0.4 is 4.74 Å². The summed E-state index contributed by atoms with van der Waals surface area (Å²) in [6.07, 6.45) is 4.59. The molecule has 3 aliphatic heterocycles. The Balaban J connectivity index is 1.55. The number of nitrogens with zero attached hydrogens (tertiary/aromatic N) is 2. The van der Waals surface area contributed by atoms with Crippen LogP contribution in [-0.2, 0) is 10.4 Å². The van der Waals surface area contributed by atoms with Crippen molar-refractivity contribution in [1.82, 2.24) is 9.47 Å². The van der Waals surface area contributed by atoms with Gasteiger partial charge in [-0.05, 0) is 37.1 Å². The van der Waals surface area contributed by atoms with E-state index in [0.717, 1.165) is 52.6 Å². The minimum absolute atomic E-state index is 0.212. The Kier molecular flexibility index (Phi) is 3.45. The first kappa shape index (κ1) is 16.5. The second-order valence-electron chi connectivity index (χ2n) is 7.33. The molecule has 0 saturated carbocycles. The summed E-state index contributed by atoms with van der Waals surface area (Å²) in [6.45, 7) is 0. The van der Waals surface area contributed by atoms with Gasteiger partial charge >= 0.3 is 9.84 Å². The fourth-order valence-corrected chi connectivity index (χ4v) is 5.22. The number of halogens is 3. The maximum atomic E-state index is 13.7. The van der Waals surface area contributed by atoms with E-state index in [1.54, 1.807) is 0 Å². The maximum Gasteiger partial charge on any atom is 0.372 e. The smallest absolute Gasteiger partial charge is 0.372 e. The number of fused-ring (bicyclic) bond motifs is 6. The molecule has 2 saturated heterocycles. The number of ether oxygens (including phenoxy) is 1. The molecule has 7 heteroatoms. The zero-order valence-corrected chi connectivity index (χ0v) is 16.0. The van der Waals surface area contributed by atoms with Crippen LogP contribution in [-0.4, -0.2) is 31.4 Å². The first-order chi connectivity index (χ1) is 12.4. The van der Waals surface area contributed by atoms with E-state index in [0.29, 0.717) is 12.8 Å². The Morgan fingerprint density at radius 2 is 1.85 bits per heavy atom. The number of piperidine rings is 1. The zero-order chi connectivity index (χ0) is 18.1. The molecule has 0 N–H and O–H groups in total. The van der Waals surface area contributed by atoms with Crippen molar-refractivity contribution >= 4 is 28.5 Å². The molecule has 4 heterocycles. The molecule has 2 fully saturated rings. The van der Waals surface area contributed by atoms with E-state index in [9.17, 15) is 13.6 Å². The number of carbonyl (C=O) groups excluding carboxylic acids is 1. The SMILES string of the molecule is O=C(N1C2CCC1CC1(C2)Oc2ccccc2-n2cccc21)C(F)(F)I. The van der Waals surface area contributed by atoms with Gasteiger partial charge in [0.1, 0.15) is 5.75 Å². The lowest BCUT2D eigenvalue weighted by Gasteiger charge is -2.48. The van der Waals surface area contributed by atoms with Gasteiger partial charge < -0.3 is 14.2 Å². The third-order valence-electron chi connectivity index (χ3n) is 5.87. The van der Waals surface area contributed by atoms with E-state index in [2.05, 4.69) is 4.57 Å². The summed E-state index contributed by atoms with van der Waals surface area (Å²) in [5.41, 5.74) is 1.46. The van der Waals surface area contributed by atoms with Crippen molar-refractivity contribution in [2.45, 2.75) is 47.3 Å². The fraction of sp³-hybridized carbons (Fsp3) is 0.421. The normalized spacial score (nSPS) is 29.3. The molecule has 3 aliphatic rings. The van der Waals surface area contributed by atoms with Crippen molar-refractivity contribution in [3.63, 3.8) is 0 Å². The Morgan fingerprint density at radius 1 is 1.15 bits per heavy atom. The van der Waals surface area contributed by atoms with Crippen molar-refractivity contribution in [2.24, 2.45) is 0 Å². The van der Waals surface area contributed by atoms with Crippen LogP contribution in [0.5, 0.6) is 5.75 Å². The molecule has 1 spiro atoms. The van der Waals surface area contributed by atoms with Gasteiger partial charge in [0.15, 0.2) is 5.60 Å². The molecule has 1 amide bonds. The van der Waals surface area contributed by atoms with Gasteiger partial charge in [-0.15, -0.1) is 0 Å². The molecule has 5 rings (SSSR count). The second-order valence-corrected chi connectivity index (χ2v) is 8.69. The van der Waals surface area contributed by atoms with E-state index < -0.39 is 15.4 Å². The highest BCUT2D eigenvalue weighted by atomic mass is 127. The van der Waals surface area contributed by atoms with Crippen molar-refractivity contribution in [1.29, 1.82) is 0 Å². The number of carbonyl (C=O) groups is 1. The van der Waals surface area contributed by atoms with Crippen LogP contribution in [0.1, 0.15) is 31.4 Å². The third kappa shape index (κ3) is 2.25. The molecule has 0 radical (unpaired) electrons. The summed E-state index contributed by atoms with van der Waals surface area (Å²) >= 11 is 0.938. The third-order valence-corrected chi connectivity index (χ3v) is 6.33. The lowest BCUT2D eigenvalue weighted by atomic mass is 9.82. The highest BCUT2D eigenvalue weighted by molar-refractivity contribution is 14.1. The van der Waals surface area contributed by atoms with Gasteiger partial charge in [0.2, 0.25) is 0 Å². The molecule has 4 nitrogen and oxygen atoms in total. The van der Waals surface area contributed by atoms with E-state index in [1.165, 1.54) is 4.90 Å². The zero-order valence-electron chi connectivity index (χ0n) is 13.9. The summed E-state index contributed by atoms with van der Waals surface area (Å²) in [5, 5.41) is 0. The van der Waals surface area contributed by atoms with Crippen LogP contribution >= 0.6 is 22.6 Å². The monoisotopic (exact) mass is 470 g/mol. The van der Waals surface area contributed by atoms with E-state index in [-0.39, 0.29) is 12.1 Å². The summed E-state index contributed by atoms with van der Waals surface area (Å²) in [5.74, 6) is -0.262. The van der Waals surface area contributed by atoms with Crippen molar-refractivity contribution in [3.8, 4) is 11.4 Å². The van der Waals surface area contributed by atoms with Crippen molar-refractivity contribution in [2.75, 3.05) is 0 Å². The quantitative estimate of drug-likeness (QED) is 0.462. The molecule has 2 atom stereocenters. The van der Waals surface area contributed by atoms with Gasteiger partial charge in [-0.2, -0.15) is 8.78 Å². The standard InChI is InChI=1S/C19H17F2IN2O2/c20-19(21,22)17(25)24-12-7-8-13(24)11-18(10-12)16-6-3-9-23(16)14-4-1-2-5-15(14)26-18/h1-6,9,12-13H,7-8,10-11H2. The molecule has 2 bridgehead atoms. The molecule has 2 aromatic rings. The minimum atomic E-state index is -3.36. The summed E-state index contributed by atoms with van der Waals surface area (Å²) in [6, 6.07) is 11.5. The highest BCUT2D eigenvalue weighted by Gasteiger charge is 2.57. The van der Waals surface area contributed by atoms with Crippen LogP contribution in [0.25, 0.3) is 5.69 Å². The van der Waals surface area contributed by atoms with Crippen LogP contribution in [0.2, 0.25) is 0 Å². The Labute approximate surface area is 163 Å². The number of hydrogen-bond acceptors (Lipinski definition) is 2. The largest absolute Gasteiger partial charge is 0.479 e. The number of rotatable bonds is 1. The molecular formula is C19H17F2IN2O2. The highest BCUT2D eigenvalue weighted by Crippen LogP contribution is 2.52. The van der Waals surface area contributed by atoms with Gasteiger partial charge in [-0.25, -0.2) is 0 Å². The Morgan fingerprint density at radius 3 is 2.54 bits per heavy atom. The van der Waals surface area contributed by atoms with Gasteiger partial charge in [-0.1, -0.05) is 12.1 Å². The molecule has 1 aromatic heterocycles. The topological polar surface area (TPSA) is 34.5 Å². The first-order valence-electron chi connectivity index (χ1n) is 8.75. The maximum absolute atomic E-state index is 13.7. The molecular weight excluding hydrogens is 453 g/mol. The Hall–Kier alpha value is -1.64. The van der Waals surface area contributed by atoms with Crippen LogP contribution in [0.3, 0.4) is 0 Å². The van der Waals surface area contributed by atoms with Crippen molar-refractivity contribution < 1.29 is 18.3 Å².